The first-order valence-electron chi connectivity index (χ1n) is 5.86. The van der Waals surface area contributed by atoms with Gasteiger partial charge in [0.25, 0.3) is 0 Å². The second-order valence-corrected chi connectivity index (χ2v) is 5.13. The van der Waals surface area contributed by atoms with Gasteiger partial charge in [-0.3, -0.25) is 0 Å². The molecule has 0 amide bonds. The molecule has 0 aliphatic rings. The maximum atomic E-state index is 5.86. The monoisotopic (exact) mass is 232 g/mol. The predicted octanol–water partition coefficient (Wildman–Crippen LogP) is 2.72. The lowest BCUT2D eigenvalue weighted by molar-refractivity contribution is 0.419. The molecule has 3 nitrogen and oxygen atoms in total. The van der Waals surface area contributed by atoms with Crippen molar-refractivity contribution in [1.29, 1.82) is 0 Å². The molecule has 0 atom stereocenters. The number of aryl methyl sites for hydroxylation is 1. The average molecular weight is 232 g/mol. The molecule has 3 heteroatoms. The summed E-state index contributed by atoms with van der Waals surface area (Å²) in [6.07, 6.45) is 2.05. The zero-order valence-electron chi connectivity index (χ0n) is 10.9. The van der Waals surface area contributed by atoms with Crippen molar-refractivity contribution in [2.75, 3.05) is 13.7 Å². The van der Waals surface area contributed by atoms with Gasteiger partial charge in [-0.2, -0.15) is 0 Å². The third kappa shape index (κ3) is 1.80. The quantitative estimate of drug-likeness (QED) is 0.855. The Kier molecular flexibility index (Phi) is 2.87. The first-order chi connectivity index (χ1) is 8.01. The van der Waals surface area contributed by atoms with E-state index in [9.17, 15) is 0 Å². The summed E-state index contributed by atoms with van der Waals surface area (Å²) in [5.74, 6) is 0.879. The highest BCUT2D eigenvalue weighted by Crippen LogP contribution is 2.35. The summed E-state index contributed by atoms with van der Waals surface area (Å²) < 4.78 is 5.38. The summed E-state index contributed by atoms with van der Waals surface area (Å²) in [4.78, 5) is 3.31. The molecule has 1 aromatic heterocycles. The van der Waals surface area contributed by atoms with Crippen LogP contribution in [0.4, 0.5) is 0 Å². The van der Waals surface area contributed by atoms with E-state index in [1.807, 2.05) is 12.3 Å². The second-order valence-electron chi connectivity index (χ2n) is 5.13. The van der Waals surface area contributed by atoms with Crippen molar-refractivity contribution in [3.8, 4) is 5.75 Å². The van der Waals surface area contributed by atoms with Crippen LogP contribution in [0.15, 0.2) is 18.3 Å². The number of hydrogen-bond acceptors (Lipinski definition) is 2. The van der Waals surface area contributed by atoms with Crippen molar-refractivity contribution in [2.45, 2.75) is 26.2 Å². The lowest BCUT2D eigenvalue weighted by Gasteiger charge is -2.22. The number of fused-ring (bicyclic) bond motifs is 1. The number of ether oxygens (including phenoxy) is 1. The molecule has 17 heavy (non-hydrogen) atoms. The third-order valence-electron chi connectivity index (χ3n) is 3.46. The minimum atomic E-state index is -0.0324. The van der Waals surface area contributed by atoms with Gasteiger partial charge in [0.1, 0.15) is 5.75 Å². The molecule has 0 unspecified atom stereocenters. The fourth-order valence-corrected chi connectivity index (χ4v) is 2.21. The van der Waals surface area contributed by atoms with Gasteiger partial charge >= 0.3 is 0 Å². The molecule has 0 fully saturated rings. The summed E-state index contributed by atoms with van der Waals surface area (Å²) in [7, 11) is 1.69. The lowest BCUT2D eigenvalue weighted by Crippen LogP contribution is -2.27. The highest BCUT2D eigenvalue weighted by Gasteiger charge is 2.24. The Morgan fingerprint density at radius 3 is 2.65 bits per heavy atom. The molecular formula is C14H20N2O. The van der Waals surface area contributed by atoms with Crippen LogP contribution in [0.1, 0.15) is 25.0 Å². The number of nitrogens with one attached hydrogen (secondary N) is 1. The van der Waals surface area contributed by atoms with Crippen LogP contribution in [0.5, 0.6) is 5.75 Å². The van der Waals surface area contributed by atoms with Gasteiger partial charge < -0.3 is 15.5 Å². The Hall–Kier alpha value is -1.48. The van der Waals surface area contributed by atoms with Crippen molar-refractivity contribution in [1.82, 2.24) is 4.98 Å². The van der Waals surface area contributed by atoms with Gasteiger partial charge in [0, 0.05) is 23.5 Å². The fourth-order valence-electron chi connectivity index (χ4n) is 2.21. The summed E-state index contributed by atoms with van der Waals surface area (Å²) in [6, 6.07) is 4.08. The van der Waals surface area contributed by atoms with Gasteiger partial charge in [-0.1, -0.05) is 19.9 Å². The van der Waals surface area contributed by atoms with E-state index in [2.05, 4.69) is 31.8 Å². The molecule has 1 aromatic carbocycles. The van der Waals surface area contributed by atoms with Crippen LogP contribution in [0.2, 0.25) is 0 Å². The maximum Gasteiger partial charge on any atom is 0.142 e. The Morgan fingerprint density at radius 2 is 2.06 bits per heavy atom. The highest BCUT2D eigenvalue weighted by molar-refractivity contribution is 5.92. The van der Waals surface area contributed by atoms with Crippen LogP contribution < -0.4 is 10.5 Å². The molecule has 92 valence electrons. The predicted molar refractivity (Wildman–Crippen MR) is 71.7 cm³/mol. The SMILES string of the molecule is COc1ccc(C)c2c(C(C)(C)CN)c[nH]c12. The number of hydrogen-bond donors (Lipinski definition) is 2. The van der Waals surface area contributed by atoms with Gasteiger partial charge in [0.05, 0.1) is 12.6 Å². The molecular weight excluding hydrogens is 212 g/mol. The zero-order valence-corrected chi connectivity index (χ0v) is 10.9. The Balaban J connectivity index is 2.76. The third-order valence-corrected chi connectivity index (χ3v) is 3.46. The molecule has 0 aliphatic heterocycles. The molecule has 0 aliphatic carbocycles. The molecule has 0 bridgehead atoms. The van der Waals surface area contributed by atoms with Crippen LogP contribution in [-0.4, -0.2) is 18.6 Å². The topological polar surface area (TPSA) is 51.0 Å². The minimum absolute atomic E-state index is 0.0324. The Morgan fingerprint density at radius 1 is 1.35 bits per heavy atom. The standard InChI is InChI=1S/C14H20N2O/c1-9-5-6-11(17-4)13-12(9)10(7-16-13)14(2,3)8-15/h5-7,16H,8,15H2,1-4H3. The van der Waals surface area contributed by atoms with Crippen molar-refractivity contribution >= 4 is 10.9 Å². The van der Waals surface area contributed by atoms with Crippen molar-refractivity contribution in [2.24, 2.45) is 5.73 Å². The number of aromatic nitrogens is 1. The fraction of sp³-hybridized carbons (Fsp3) is 0.429. The molecule has 0 saturated heterocycles. The molecule has 0 spiro atoms. The maximum absolute atomic E-state index is 5.86. The van der Waals surface area contributed by atoms with Gasteiger partial charge in [-0.15, -0.1) is 0 Å². The van der Waals surface area contributed by atoms with Gasteiger partial charge in [0.15, 0.2) is 0 Å². The van der Waals surface area contributed by atoms with Gasteiger partial charge in [-0.25, -0.2) is 0 Å². The van der Waals surface area contributed by atoms with Gasteiger partial charge in [-0.05, 0) is 24.1 Å². The largest absolute Gasteiger partial charge is 0.495 e. The molecule has 1 heterocycles. The van der Waals surface area contributed by atoms with Crippen LogP contribution >= 0.6 is 0 Å². The number of H-pyrrole nitrogens is 1. The summed E-state index contributed by atoms with van der Waals surface area (Å²) in [6.45, 7) is 7.06. The van der Waals surface area contributed by atoms with E-state index in [0.717, 1.165) is 11.3 Å². The molecule has 0 radical (unpaired) electrons. The number of benzene rings is 1. The summed E-state index contributed by atoms with van der Waals surface area (Å²) in [5, 5.41) is 1.24. The lowest BCUT2D eigenvalue weighted by atomic mass is 9.83. The first-order valence-corrected chi connectivity index (χ1v) is 5.86. The number of aromatic amines is 1. The van der Waals surface area contributed by atoms with Crippen LogP contribution in [0.25, 0.3) is 10.9 Å². The van der Waals surface area contributed by atoms with E-state index >= 15 is 0 Å². The van der Waals surface area contributed by atoms with E-state index in [1.165, 1.54) is 16.5 Å². The molecule has 2 rings (SSSR count). The van der Waals surface area contributed by atoms with E-state index in [1.54, 1.807) is 7.11 Å². The Bertz CT molecular complexity index is 540. The van der Waals surface area contributed by atoms with E-state index in [0.29, 0.717) is 6.54 Å². The number of rotatable bonds is 3. The Labute approximate surface area is 102 Å². The number of nitrogens with two attached hydrogens (primary N) is 1. The van der Waals surface area contributed by atoms with E-state index in [4.69, 9.17) is 10.5 Å². The molecule has 2 aromatic rings. The van der Waals surface area contributed by atoms with Crippen LogP contribution in [-0.2, 0) is 5.41 Å². The summed E-state index contributed by atoms with van der Waals surface area (Å²) >= 11 is 0. The first kappa shape index (κ1) is 12.0. The second kappa shape index (κ2) is 4.08. The number of methoxy groups -OCH3 is 1. The van der Waals surface area contributed by atoms with Crippen molar-refractivity contribution in [3.63, 3.8) is 0 Å². The van der Waals surface area contributed by atoms with Crippen LogP contribution in [0, 0.1) is 6.92 Å². The van der Waals surface area contributed by atoms with Gasteiger partial charge in [0.2, 0.25) is 0 Å². The zero-order chi connectivity index (χ0) is 12.6. The normalized spacial score (nSPS) is 12.1. The highest BCUT2D eigenvalue weighted by atomic mass is 16.5. The smallest absolute Gasteiger partial charge is 0.142 e. The average Bonchev–Trinajstić information content (AvgIpc) is 2.76. The van der Waals surface area contributed by atoms with Crippen LogP contribution in [0.3, 0.4) is 0 Å². The van der Waals surface area contributed by atoms with E-state index < -0.39 is 0 Å². The molecule has 3 N–H and O–H groups in total. The van der Waals surface area contributed by atoms with Crippen molar-refractivity contribution in [3.05, 3.63) is 29.5 Å². The van der Waals surface area contributed by atoms with E-state index in [-0.39, 0.29) is 5.41 Å². The summed E-state index contributed by atoms with van der Waals surface area (Å²) in [5.41, 5.74) is 9.40. The molecule has 0 saturated carbocycles. The minimum Gasteiger partial charge on any atom is -0.495 e. The van der Waals surface area contributed by atoms with Crippen molar-refractivity contribution < 1.29 is 4.74 Å².